The number of benzene rings is 1. The normalized spacial score (nSPS) is 10.4. The number of pyridine rings is 1. The summed E-state index contributed by atoms with van der Waals surface area (Å²) in [5.41, 5.74) is 3.92. The number of hydrogen-bond donors (Lipinski definition) is 1. The van der Waals surface area contributed by atoms with Gasteiger partial charge < -0.3 is 10.2 Å². The molecule has 0 fully saturated rings. The summed E-state index contributed by atoms with van der Waals surface area (Å²) in [6.45, 7) is 4.99. The second-order valence-electron chi connectivity index (χ2n) is 4.53. The Labute approximate surface area is 115 Å². The van der Waals surface area contributed by atoms with E-state index in [9.17, 15) is 0 Å². The van der Waals surface area contributed by atoms with Gasteiger partial charge in [0.05, 0.1) is 0 Å². The quantitative estimate of drug-likeness (QED) is 0.860. The second-order valence-corrected chi connectivity index (χ2v) is 4.53. The lowest BCUT2D eigenvalue weighted by molar-refractivity contribution is 0.784. The molecule has 0 aliphatic heterocycles. The van der Waals surface area contributed by atoms with Crippen LogP contribution >= 0.6 is 0 Å². The lowest BCUT2D eigenvalue weighted by Gasteiger charge is -2.26. The molecule has 2 rings (SSSR count). The lowest BCUT2D eigenvalue weighted by atomic mass is 10.1. The monoisotopic (exact) mass is 255 g/mol. The Hall–Kier alpha value is -1.87. The summed E-state index contributed by atoms with van der Waals surface area (Å²) in [4.78, 5) is 6.46. The number of rotatable bonds is 6. The van der Waals surface area contributed by atoms with Crippen LogP contribution in [0.2, 0.25) is 0 Å². The Morgan fingerprint density at radius 2 is 1.84 bits per heavy atom. The van der Waals surface area contributed by atoms with Crippen LogP contribution in [0.15, 0.2) is 48.8 Å². The van der Waals surface area contributed by atoms with E-state index in [1.54, 1.807) is 0 Å². The van der Waals surface area contributed by atoms with Crippen molar-refractivity contribution in [1.29, 1.82) is 0 Å². The van der Waals surface area contributed by atoms with Gasteiger partial charge >= 0.3 is 0 Å². The van der Waals surface area contributed by atoms with E-state index in [-0.39, 0.29) is 0 Å². The molecule has 0 aliphatic carbocycles. The van der Waals surface area contributed by atoms with Gasteiger partial charge in [-0.15, -0.1) is 0 Å². The minimum Gasteiger partial charge on any atom is -0.367 e. The highest BCUT2D eigenvalue weighted by molar-refractivity contribution is 5.53. The average molecular weight is 255 g/mol. The summed E-state index contributed by atoms with van der Waals surface area (Å²) >= 11 is 0. The zero-order valence-electron chi connectivity index (χ0n) is 11.6. The molecule has 0 unspecified atom stereocenters. The molecule has 0 atom stereocenters. The molecule has 3 heteroatoms. The van der Waals surface area contributed by atoms with Crippen LogP contribution in [0.1, 0.15) is 18.1 Å². The molecule has 0 aliphatic rings. The first-order chi connectivity index (χ1) is 9.35. The van der Waals surface area contributed by atoms with Gasteiger partial charge in [0.15, 0.2) is 0 Å². The van der Waals surface area contributed by atoms with E-state index >= 15 is 0 Å². The van der Waals surface area contributed by atoms with Crippen molar-refractivity contribution in [3.8, 4) is 0 Å². The molecule has 100 valence electrons. The molecule has 2 aromatic rings. The molecule has 1 aromatic carbocycles. The fourth-order valence-electron chi connectivity index (χ4n) is 2.24. The third kappa shape index (κ3) is 3.55. The predicted molar refractivity (Wildman–Crippen MR) is 80.2 cm³/mol. The van der Waals surface area contributed by atoms with Crippen LogP contribution in [0, 0.1) is 0 Å². The van der Waals surface area contributed by atoms with Gasteiger partial charge in [-0.25, -0.2) is 0 Å². The van der Waals surface area contributed by atoms with Crippen LogP contribution in [0.5, 0.6) is 0 Å². The molecule has 0 spiro atoms. The zero-order valence-corrected chi connectivity index (χ0v) is 11.6. The SMILES string of the molecule is CCN(Cc1ccncc1)c1ccccc1CNC. The van der Waals surface area contributed by atoms with E-state index in [1.807, 2.05) is 19.4 Å². The molecule has 0 radical (unpaired) electrons. The van der Waals surface area contributed by atoms with Crippen LogP contribution in [0.3, 0.4) is 0 Å². The number of nitrogens with one attached hydrogen (secondary N) is 1. The van der Waals surface area contributed by atoms with Crippen LogP contribution in [-0.2, 0) is 13.1 Å². The Morgan fingerprint density at radius 3 is 2.53 bits per heavy atom. The van der Waals surface area contributed by atoms with Crippen LogP contribution in [-0.4, -0.2) is 18.6 Å². The summed E-state index contributed by atoms with van der Waals surface area (Å²) in [5.74, 6) is 0. The third-order valence-corrected chi connectivity index (χ3v) is 3.20. The maximum absolute atomic E-state index is 4.07. The summed E-state index contributed by atoms with van der Waals surface area (Å²) in [7, 11) is 1.98. The largest absolute Gasteiger partial charge is 0.367 e. The molecule has 0 amide bonds. The first-order valence-electron chi connectivity index (χ1n) is 6.71. The van der Waals surface area contributed by atoms with Crippen LogP contribution in [0.25, 0.3) is 0 Å². The van der Waals surface area contributed by atoms with Crippen molar-refractivity contribution in [2.45, 2.75) is 20.0 Å². The first-order valence-corrected chi connectivity index (χ1v) is 6.71. The maximum atomic E-state index is 4.07. The molecule has 1 N–H and O–H groups in total. The smallest absolute Gasteiger partial charge is 0.0430 e. The fraction of sp³-hybridized carbons (Fsp3) is 0.312. The van der Waals surface area contributed by atoms with Crippen molar-refractivity contribution in [1.82, 2.24) is 10.3 Å². The van der Waals surface area contributed by atoms with E-state index in [1.165, 1.54) is 16.8 Å². The van der Waals surface area contributed by atoms with Gasteiger partial charge in [-0.2, -0.15) is 0 Å². The minimum absolute atomic E-state index is 0.892. The summed E-state index contributed by atoms with van der Waals surface area (Å²) in [6.07, 6.45) is 3.70. The number of para-hydroxylation sites is 1. The number of aromatic nitrogens is 1. The molecular formula is C16H21N3. The molecule has 19 heavy (non-hydrogen) atoms. The maximum Gasteiger partial charge on any atom is 0.0430 e. The number of anilines is 1. The van der Waals surface area contributed by atoms with Crippen molar-refractivity contribution in [3.05, 3.63) is 59.9 Å². The van der Waals surface area contributed by atoms with Crippen LogP contribution < -0.4 is 10.2 Å². The molecular weight excluding hydrogens is 234 g/mol. The number of nitrogens with zero attached hydrogens (tertiary/aromatic N) is 2. The Bertz CT molecular complexity index is 496. The van der Waals surface area contributed by atoms with Gasteiger partial charge in [-0.3, -0.25) is 4.98 Å². The van der Waals surface area contributed by atoms with Gasteiger partial charge in [-0.1, -0.05) is 18.2 Å². The highest BCUT2D eigenvalue weighted by Gasteiger charge is 2.09. The predicted octanol–water partition coefficient (Wildman–Crippen LogP) is 2.83. The third-order valence-electron chi connectivity index (χ3n) is 3.20. The van der Waals surface area contributed by atoms with Gasteiger partial charge in [0.2, 0.25) is 0 Å². The zero-order chi connectivity index (χ0) is 13.5. The van der Waals surface area contributed by atoms with Gasteiger partial charge in [0.25, 0.3) is 0 Å². The van der Waals surface area contributed by atoms with E-state index in [0.717, 1.165) is 19.6 Å². The fourth-order valence-corrected chi connectivity index (χ4v) is 2.24. The van der Waals surface area contributed by atoms with Gasteiger partial charge in [0.1, 0.15) is 0 Å². The minimum atomic E-state index is 0.892. The average Bonchev–Trinajstić information content (AvgIpc) is 2.47. The summed E-state index contributed by atoms with van der Waals surface area (Å²) in [6, 6.07) is 12.7. The van der Waals surface area contributed by atoms with Gasteiger partial charge in [0, 0.05) is 37.7 Å². The van der Waals surface area contributed by atoms with Crippen LogP contribution in [0.4, 0.5) is 5.69 Å². The molecule has 3 nitrogen and oxygen atoms in total. The summed E-state index contributed by atoms with van der Waals surface area (Å²) < 4.78 is 0. The Balaban J connectivity index is 2.22. The number of hydrogen-bond acceptors (Lipinski definition) is 3. The van der Waals surface area contributed by atoms with E-state index in [4.69, 9.17) is 0 Å². The highest BCUT2D eigenvalue weighted by atomic mass is 15.1. The highest BCUT2D eigenvalue weighted by Crippen LogP contribution is 2.22. The second kappa shape index (κ2) is 6.90. The molecule has 0 bridgehead atoms. The first kappa shape index (κ1) is 13.6. The Morgan fingerprint density at radius 1 is 1.11 bits per heavy atom. The molecule has 1 aromatic heterocycles. The Kier molecular flexibility index (Phi) is 4.93. The summed E-state index contributed by atoms with van der Waals surface area (Å²) in [5, 5.41) is 3.23. The lowest BCUT2D eigenvalue weighted by Crippen LogP contribution is -2.24. The topological polar surface area (TPSA) is 28.2 Å². The van der Waals surface area contributed by atoms with Crippen molar-refractivity contribution < 1.29 is 0 Å². The van der Waals surface area contributed by atoms with Gasteiger partial charge in [-0.05, 0) is 43.3 Å². The molecule has 0 saturated carbocycles. The van der Waals surface area contributed by atoms with E-state index in [0.29, 0.717) is 0 Å². The van der Waals surface area contributed by atoms with E-state index in [2.05, 4.69) is 58.5 Å². The molecule has 0 saturated heterocycles. The van der Waals surface area contributed by atoms with Crippen molar-refractivity contribution in [3.63, 3.8) is 0 Å². The van der Waals surface area contributed by atoms with Crippen molar-refractivity contribution in [2.75, 3.05) is 18.5 Å². The van der Waals surface area contributed by atoms with Crippen molar-refractivity contribution >= 4 is 5.69 Å². The van der Waals surface area contributed by atoms with Crippen molar-refractivity contribution in [2.24, 2.45) is 0 Å². The molecule has 1 heterocycles. The van der Waals surface area contributed by atoms with E-state index < -0.39 is 0 Å². The standard InChI is InChI=1S/C16H21N3/c1-3-19(13-14-8-10-18-11-9-14)16-7-5-4-6-15(16)12-17-2/h4-11,17H,3,12-13H2,1-2H3.